The van der Waals surface area contributed by atoms with E-state index in [0.29, 0.717) is 38.7 Å². The second kappa shape index (κ2) is 6.50. The molecule has 0 aromatic heterocycles. The highest BCUT2D eigenvalue weighted by Gasteiger charge is 2.43. The summed E-state index contributed by atoms with van der Waals surface area (Å²) in [5, 5.41) is 0. The maximum absolute atomic E-state index is 13.0. The lowest BCUT2D eigenvalue weighted by atomic mass is 9.91. The molecule has 2 heterocycles. The Morgan fingerprint density at radius 1 is 1.05 bits per heavy atom. The van der Waals surface area contributed by atoms with Crippen LogP contribution in [-0.2, 0) is 14.9 Å². The first kappa shape index (κ1) is 15.7. The van der Waals surface area contributed by atoms with Gasteiger partial charge in [0.15, 0.2) is 0 Å². The molecular weight excluding hydrogens is 290 g/mol. The van der Waals surface area contributed by atoms with Crippen LogP contribution in [0.2, 0.25) is 0 Å². The molecule has 2 unspecified atom stereocenters. The quantitative estimate of drug-likeness (QED) is 0.824. The van der Waals surface area contributed by atoms with Crippen LogP contribution in [0.3, 0.4) is 0 Å². The van der Waals surface area contributed by atoms with Gasteiger partial charge >= 0.3 is 0 Å². The molecule has 6 nitrogen and oxygen atoms in total. The number of rotatable bonds is 3. The van der Waals surface area contributed by atoms with E-state index < -0.39 is 10.2 Å². The Balaban J connectivity index is 1.71. The smallest absolute Gasteiger partial charge is 0.282 e. The number of ether oxygens (including phenoxy) is 1. The van der Waals surface area contributed by atoms with Gasteiger partial charge in [0.1, 0.15) is 0 Å². The Morgan fingerprint density at radius 3 is 2.48 bits per heavy atom. The predicted molar refractivity (Wildman–Crippen MR) is 81.0 cm³/mol. The predicted octanol–water partition coefficient (Wildman–Crippen LogP) is 0.545. The van der Waals surface area contributed by atoms with E-state index in [4.69, 9.17) is 10.5 Å². The van der Waals surface area contributed by atoms with Gasteiger partial charge in [0.2, 0.25) is 0 Å². The van der Waals surface area contributed by atoms with Crippen LogP contribution in [0, 0.1) is 5.92 Å². The van der Waals surface area contributed by atoms with Gasteiger partial charge in [0, 0.05) is 19.6 Å². The average Bonchev–Trinajstić information content (AvgIpc) is 2.54. The third-order valence-electron chi connectivity index (χ3n) is 5.21. The highest BCUT2D eigenvalue weighted by Crippen LogP contribution is 2.32. The number of nitrogens with two attached hydrogens (primary N) is 1. The molecule has 21 heavy (non-hydrogen) atoms. The summed E-state index contributed by atoms with van der Waals surface area (Å²) in [5.41, 5.74) is 5.69. The van der Waals surface area contributed by atoms with E-state index in [1.165, 1.54) is 0 Å². The Bertz CT molecular complexity index is 446. The second-order valence-corrected chi connectivity index (χ2v) is 8.34. The van der Waals surface area contributed by atoms with Crippen molar-refractivity contribution in [1.82, 2.24) is 8.61 Å². The van der Waals surface area contributed by atoms with Crippen LogP contribution in [-0.4, -0.2) is 62.0 Å². The fraction of sp³-hybridized carbons (Fsp3) is 1.00. The fourth-order valence-electron chi connectivity index (χ4n) is 3.87. The van der Waals surface area contributed by atoms with E-state index in [9.17, 15) is 8.42 Å². The lowest BCUT2D eigenvalue weighted by molar-refractivity contribution is -0.0604. The normalized spacial score (nSPS) is 33.8. The standard InChI is InChI=1S/C14H27N3O3S/c15-11-12-5-7-16(8-6-12)21(18,19)17-9-10-20-14-4-2-1-3-13(14)17/h12-14H,1-11,15H2. The molecule has 1 saturated carbocycles. The summed E-state index contributed by atoms with van der Waals surface area (Å²) >= 11 is 0. The van der Waals surface area contributed by atoms with Crippen molar-refractivity contribution in [2.45, 2.75) is 50.7 Å². The Morgan fingerprint density at radius 2 is 1.76 bits per heavy atom. The largest absolute Gasteiger partial charge is 0.375 e. The van der Waals surface area contributed by atoms with Crippen LogP contribution in [0.4, 0.5) is 0 Å². The van der Waals surface area contributed by atoms with Gasteiger partial charge in [-0.05, 0) is 38.1 Å². The van der Waals surface area contributed by atoms with Gasteiger partial charge in [-0.15, -0.1) is 0 Å². The molecule has 0 bridgehead atoms. The molecule has 0 radical (unpaired) electrons. The maximum Gasteiger partial charge on any atom is 0.282 e. The van der Waals surface area contributed by atoms with Crippen molar-refractivity contribution in [2.75, 3.05) is 32.8 Å². The number of piperidine rings is 1. The number of morpholine rings is 1. The van der Waals surface area contributed by atoms with Crippen molar-refractivity contribution in [2.24, 2.45) is 11.7 Å². The molecule has 7 heteroatoms. The summed E-state index contributed by atoms with van der Waals surface area (Å²) in [6, 6.07) is 0.0460. The highest BCUT2D eigenvalue weighted by atomic mass is 32.2. The number of hydrogen-bond acceptors (Lipinski definition) is 4. The van der Waals surface area contributed by atoms with Crippen molar-refractivity contribution >= 4 is 10.2 Å². The summed E-state index contributed by atoms with van der Waals surface area (Å²) in [5.74, 6) is 0.476. The van der Waals surface area contributed by atoms with E-state index in [0.717, 1.165) is 38.5 Å². The van der Waals surface area contributed by atoms with Crippen LogP contribution in [0.15, 0.2) is 0 Å². The monoisotopic (exact) mass is 317 g/mol. The highest BCUT2D eigenvalue weighted by molar-refractivity contribution is 7.86. The van der Waals surface area contributed by atoms with E-state index in [-0.39, 0.29) is 12.1 Å². The number of nitrogens with zero attached hydrogens (tertiary/aromatic N) is 2. The zero-order valence-electron chi connectivity index (χ0n) is 12.6. The van der Waals surface area contributed by atoms with Crippen LogP contribution < -0.4 is 5.73 Å². The molecule has 3 aliphatic rings. The first-order chi connectivity index (χ1) is 10.1. The molecule has 3 rings (SSSR count). The molecule has 0 aromatic carbocycles. The van der Waals surface area contributed by atoms with E-state index in [1.807, 2.05) is 0 Å². The number of hydrogen-bond donors (Lipinski definition) is 1. The molecule has 2 aliphatic heterocycles. The minimum absolute atomic E-state index is 0.0460. The molecular formula is C14H27N3O3S. The minimum Gasteiger partial charge on any atom is -0.375 e. The lowest BCUT2D eigenvalue weighted by Crippen LogP contribution is -2.59. The minimum atomic E-state index is -3.34. The van der Waals surface area contributed by atoms with E-state index in [2.05, 4.69) is 0 Å². The van der Waals surface area contributed by atoms with Crippen molar-refractivity contribution in [3.63, 3.8) is 0 Å². The van der Waals surface area contributed by atoms with Crippen LogP contribution in [0.1, 0.15) is 38.5 Å². The zero-order valence-corrected chi connectivity index (χ0v) is 13.4. The summed E-state index contributed by atoms with van der Waals surface area (Å²) in [4.78, 5) is 0. The van der Waals surface area contributed by atoms with Crippen molar-refractivity contribution < 1.29 is 13.2 Å². The summed E-state index contributed by atoms with van der Waals surface area (Å²) in [6.45, 7) is 2.91. The van der Waals surface area contributed by atoms with Gasteiger partial charge in [0.05, 0.1) is 18.8 Å². The van der Waals surface area contributed by atoms with Crippen LogP contribution >= 0.6 is 0 Å². The lowest BCUT2D eigenvalue weighted by Gasteiger charge is -2.45. The third-order valence-corrected chi connectivity index (χ3v) is 7.27. The summed E-state index contributed by atoms with van der Waals surface area (Å²) in [6.07, 6.45) is 6.05. The molecule has 2 atom stereocenters. The van der Waals surface area contributed by atoms with Crippen molar-refractivity contribution in [3.05, 3.63) is 0 Å². The summed E-state index contributed by atoms with van der Waals surface area (Å²) < 4.78 is 35.1. The van der Waals surface area contributed by atoms with Crippen molar-refractivity contribution in [3.8, 4) is 0 Å². The Kier molecular flexibility index (Phi) is 4.85. The van der Waals surface area contributed by atoms with Gasteiger partial charge < -0.3 is 10.5 Å². The molecule has 3 fully saturated rings. The zero-order chi connectivity index (χ0) is 14.9. The van der Waals surface area contributed by atoms with E-state index in [1.54, 1.807) is 8.61 Å². The molecule has 0 aromatic rings. The number of fused-ring (bicyclic) bond motifs is 1. The fourth-order valence-corrected chi connectivity index (χ4v) is 5.73. The van der Waals surface area contributed by atoms with Crippen LogP contribution in [0.5, 0.6) is 0 Å². The van der Waals surface area contributed by atoms with Crippen molar-refractivity contribution in [1.29, 1.82) is 0 Å². The van der Waals surface area contributed by atoms with Gasteiger partial charge in [-0.1, -0.05) is 12.8 Å². The Hall–Kier alpha value is -0.210. The molecule has 122 valence electrons. The van der Waals surface area contributed by atoms with Crippen LogP contribution in [0.25, 0.3) is 0 Å². The molecule has 0 amide bonds. The van der Waals surface area contributed by atoms with Gasteiger partial charge in [-0.25, -0.2) is 0 Å². The molecule has 2 N–H and O–H groups in total. The molecule has 2 saturated heterocycles. The first-order valence-corrected chi connectivity index (χ1v) is 9.61. The average molecular weight is 317 g/mol. The van der Waals surface area contributed by atoms with E-state index >= 15 is 0 Å². The molecule has 1 aliphatic carbocycles. The SMILES string of the molecule is NCC1CCN(S(=O)(=O)N2CCOC3CCCCC32)CC1. The summed E-state index contributed by atoms with van der Waals surface area (Å²) in [7, 11) is -3.34. The van der Waals surface area contributed by atoms with Gasteiger partial charge in [-0.3, -0.25) is 0 Å². The first-order valence-electron chi connectivity index (χ1n) is 8.21. The van der Waals surface area contributed by atoms with Gasteiger partial charge in [-0.2, -0.15) is 17.0 Å². The second-order valence-electron chi connectivity index (χ2n) is 6.46. The third kappa shape index (κ3) is 3.12. The molecule has 0 spiro atoms. The maximum atomic E-state index is 13.0. The van der Waals surface area contributed by atoms with Gasteiger partial charge in [0.25, 0.3) is 10.2 Å². The topological polar surface area (TPSA) is 75.9 Å². The Labute approximate surface area is 127 Å².